The van der Waals surface area contributed by atoms with Crippen LogP contribution in [-0.2, 0) is 17.8 Å². The topological polar surface area (TPSA) is 59.6 Å². The number of hydrogen-bond acceptors (Lipinski definition) is 4. The predicted molar refractivity (Wildman–Crippen MR) is 112 cm³/mol. The van der Waals surface area contributed by atoms with Gasteiger partial charge in [0.25, 0.3) is 0 Å². The molecule has 3 aromatic carbocycles. The Hall–Kier alpha value is -3.47. The van der Waals surface area contributed by atoms with Crippen LogP contribution in [0.4, 0.5) is 11.4 Å². The number of carbonyl (C=O) groups is 1. The van der Waals surface area contributed by atoms with Crippen LogP contribution in [0, 0.1) is 0 Å². The molecule has 0 saturated heterocycles. The maximum absolute atomic E-state index is 12.1. The van der Waals surface area contributed by atoms with E-state index in [2.05, 4.69) is 10.6 Å². The first kappa shape index (κ1) is 19.3. The molecular weight excluding hydrogens is 352 g/mol. The van der Waals surface area contributed by atoms with Gasteiger partial charge in [-0.15, -0.1) is 0 Å². The number of carbonyl (C=O) groups excluding carboxylic acids is 1. The van der Waals surface area contributed by atoms with Crippen molar-refractivity contribution < 1.29 is 14.3 Å². The Bertz CT molecular complexity index is 909. The van der Waals surface area contributed by atoms with Crippen molar-refractivity contribution in [3.8, 4) is 11.5 Å². The van der Waals surface area contributed by atoms with Gasteiger partial charge in [-0.3, -0.25) is 4.79 Å². The molecule has 5 nitrogen and oxygen atoms in total. The summed E-state index contributed by atoms with van der Waals surface area (Å²) in [7, 11) is 3.25. The van der Waals surface area contributed by atoms with E-state index in [4.69, 9.17) is 9.47 Å². The Morgan fingerprint density at radius 3 is 2.14 bits per heavy atom. The van der Waals surface area contributed by atoms with E-state index in [9.17, 15) is 4.79 Å². The van der Waals surface area contributed by atoms with Crippen LogP contribution in [0.2, 0.25) is 0 Å². The van der Waals surface area contributed by atoms with E-state index in [1.807, 2.05) is 72.8 Å². The molecule has 0 aliphatic rings. The average molecular weight is 376 g/mol. The lowest BCUT2D eigenvalue weighted by atomic mass is 10.1. The highest BCUT2D eigenvalue weighted by atomic mass is 16.5. The van der Waals surface area contributed by atoms with Gasteiger partial charge in [-0.25, -0.2) is 0 Å². The Labute approximate surface area is 165 Å². The van der Waals surface area contributed by atoms with Crippen LogP contribution in [0.15, 0.2) is 72.8 Å². The van der Waals surface area contributed by atoms with Gasteiger partial charge >= 0.3 is 0 Å². The summed E-state index contributed by atoms with van der Waals surface area (Å²) in [6.45, 7) is 0.653. The third-order valence-corrected chi connectivity index (χ3v) is 4.32. The molecular formula is C23H24N2O3. The number of benzene rings is 3. The molecule has 2 N–H and O–H groups in total. The van der Waals surface area contributed by atoms with Gasteiger partial charge in [0.2, 0.25) is 5.91 Å². The molecule has 0 atom stereocenters. The lowest BCUT2D eigenvalue weighted by molar-refractivity contribution is -0.115. The van der Waals surface area contributed by atoms with Gasteiger partial charge in [-0.1, -0.05) is 36.4 Å². The van der Waals surface area contributed by atoms with E-state index in [1.54, 1.807) is 14.2 Å². The largest absolute Gasteiger partial charge is 0.493 e. The molecule has 5 heteroatoms. The van der Waals surface area contributed by atoms with Crippen molar-refractivity contribution in [3.05, 3.63) is 83.9 Å². The molecule has 0 fully saturated rings. The Kier molecular flexibility index (Phi) is 6.52. The fourth-order valence-corrected chi connectivity index (χ4v) is 2.85. The molecule has 3 aromatic rings. The monoisotopic (exact) mass is 376 g/mol. The summed E-state index contributed by atoms with van der Waals surface area (Å²) >= 11 is 0. The molecule has 0 radical (unpaired) electrons. The summed E-state index contributed by atoms with van der Waals surface area (Å²) in [6, 6.07) is 23.2. The predicted octanol–water partition coefficient (Wildman–Crippen LogP) is 4.50. The minimum Gasteiger partial charge on any atom is -0.493 e. The highest BCUT2D eigenvalue weighted by Gasteiger charge is 2.06. The van der Waals surface area contributed by atoms with Crippen molar-refractivity contribution in [1.29, 1.82) is 0 Å². The molecule has 0 heterocycles. The maximum atomic E-state index is 12.1. The van der Waals surface area contributed by atoms with Crippen molar-refractivity contribution in [3.63, 3.8) is 0 Å². The Balaban J connectivity index is 1.54. The van der Waals surface area contributed by atoms with Crippen molar-refractivity contribution in [2.45, 2.75) is 13.0 Å². The second-order valence-corrected chi connectivity index (χ2v) is 6.33. The van der Waals surface area contributed by atoms with E-state index in [1.165, 1.54) is 0 Å². The zero-order valence-electron chi connectivity index (χ0n) is 16.1. The fraction of sp³-hybridized carbons (Fsp3) is 0.174. The minimum atomic E-state index is -0.0303. The molecule has 0 aliphatic heterocycles. The lowest BCUT2D eigenvalue weighted by Gasteiger charge is -2.11. The number of rotatable bonds is 8. The van der Waals surface area contributed by atoms with Gasteiger partial charge in [0.1, 0.15) is 0 Å². The van der Waals surface area contributed by atoms with E-state index >= 15 is 0 Å². The second-order valence-electron chi connectivity index (χ2n) is 6.33. The standard InChI is InChI=1S/C23H24N2O3/c1-27-21-13-8-18(14-22(21)28-2)16-24-19-9-11-20(12-10-19)25-23(26)15-17-6-4-3-5-7-17/h3-14,24H,15-16H2,1-2H3,(H,25,26). The van der Waals surface area contributed by atoms with Gasteiger partial charge in [0.05, 0.1) is 20.6 Å². The average Bonchev–Trinajstić information content (AvgIpc) is 2.73. The van der Waals surface area contributed by atoms with Crippen molar-refractivity contribution in [2.24, 2.45) is 0 Å². The zero-order chi connectivity index (χ0) is 19.8. The quantitative estimate of drug-likeness (QED) is 0.608. The third kappa shape index (κ3) is 5.27. The van der Waals surface area contributed by atoms with Crippen molar-refractivity contribution in [1.82, 2.24) is 0 Å². The molecule has 3 rings (SSSR count). The van der Waals surface area contributed by atoms with Crippen molar-refractivity contribution >= 4 is 17.3 Å². The summed E-state index contributed by atoms with van der Waals surface area (Å²) in [5.74, 6) is 1.39. The van der Waals surface area contributed by atoms with Gasteiger partial charge < -0.3 is 20.1 Å². The summed E-state index contributed by atoms with van der Waals surface area (Å²) in [4.78, 5) is 12.1. The summed E-state index contributed by atoms with van der Waals surface area (Å²) in [5, 5.41) is 6.28. The SMILES string of the molecule is COc1ccc(CNc2ccc(NC(=O)Cc3ccccc3)cc2)cc1OC. The Morgan fingerprint density at radius 2 is 1.46 bits per heavy atom. The van der Waals surface area contributed by atoms with E-state index in [0.717, 1.165) is 22.5 Å². The zero-order valence-corrected chi connectivity index (χ0v) is 16.1. The van der Waals surface area contributed by atoms with E-state index in [0.29, 0.717) is 24.5 Å². The Morgan fingerprint density at radius 1 is 0.786 bits per heavy atom. The number of anilines is 2. The normalized spacial score (nSPS) is 10.2. The molecule has 144 valence electrons. The maximum Gasteiger partial charge on any atom is 0.228 e. The molecule has 0 bridgehead atoms. The first-order valence-corrected chi connectivity index (χ1v) is 9.06. The molecule has 0 spiro atoms. The second kappa shape index (κ2) is 9.46. The molecule has 0 saturated carbocycles. The van der Waals surface area contributed by atoms with Crippen LogP contribution in [0.5, 0.6) is 11.5 Å². The van der Waals surface area contributed by atoms with Crippen LogP contribution in [0.1, 0.15) is 11.1 Å². The highest BCUT2D eigenvalue weighted by Crippen LogP contribution is 2.28. The number of hydrogen-bond donors (Lipinski definition) is 2. The van der Waals surface area contributed by atoms with Gasteiger partial charge in [0, 0.05) is 17.9 Å². The molecule has 0 aromatic heterocycles. The van der Waals surface area contributed by atoms with Crippen molar-refractivity contribution in [2.75, 3.05) is 24.9 Å². The minimum absolute atomic E-state index is 0.0303. The van der Waals surface area contributed by atoms with Crippen LogP contribution in [-0.4, -0.2) is 20.1 Å². The lowest BCUT2D eigenvalue weighted by Crippen LogP contribution is -2.14. The third-order valence-electron chi connectivity index (χ3n) is 4.32. The summed E-state index contributed by atoms with van der Waals surface area (Å²) in [6.07, 6.45) is 0.361. The summed E-state index contributed by atoms with van der Waals surface area (Å²) in [5.41, 5.74) is 3.82. The highest BCUT2D eigenvalue weighted by molar-refractivity contribution is 5.92. The number of nitrogens with one attached hydrogen (secondary N) is 2. The molecule has 0 unspecified atom stereocenters. The van der Waals surface area contributed by atoms with E-state index in [-0.39, 0.29) is 5.91 Å². The van der Waals surface area contributed by atoms with Crippen LogP contribution in [0.25, 0.3) is 0 Å². The first-order chi connectivity index (χ1) is 13.7. The van der Waals surface area contributed by atoms with E-state index < -0.39 is 0 Å². The fourth-order valence-electron chi connectivity index (χ4n) is 2.85. The van der Waals surface area contributed by atoms with Crippen LogP contribution in [0.3, 0.4) is 0 Å². The smallest absolute Gasteiger partial charge is 0.228 e. The number of ether oxygens (including phenoxy) is 2. The molecule has 1 amide bonds. The summed E-state index contributed by atoms with van der Waals surface area (Å²) < 4.78 is 10.6. The molecule has 0 aliphatic carbocycles. The van der Waals surface area contributed by atoms with Gasteiger partial charge in [0.15, 0.2) is 11.5 Å². The van der Waals surface area contributed by atoms with Crippen LogP contribution >= 0.6 is 0 Å². The van der Waals surface area contributed by atoms with Crippen LogP contribution < -0.4 is 20.1 Å². The number of methoxy groups -OCH3 is 2. The van der Waals surface area contributed by atoms with Gasteiger partial charge in [-0.2, -0.15) is 0 Å². The first-order valence-electron chi connectivity index (χ1n) is 9.06. The van der Waals surface area contributed by atoms with Gasteiger partial charge in [-0.05, 0) is 47.5 Å². The molecule has 28 heavy (non-hydrogen) atoms. The number of amides is 1.